The molecule has 0 saturated carbocycles. The minimum atomic E-state index is -0.422. The molecular formula is C13H21N5O2. The molecule has 1 aliphatic rings. The fourth-order valence-corrected chi connectivity index (χ4v) is 1.99. The van der Waals surface area contributed by atoms with E-state index >= 15 is 0 Å². The van der Waals surface area contributed by atoms with Crippen molar-refractivity contribution in [3.63, 3.8) is 0 Å². The second-order valence-corrected chi connectivity index (χ2v) is 4.78. The van der Waals surface area contributed by atoms with Crippen molar-refractivity contribution in [2.75, 3.05) is 51.0 Å². The maximum atomic E-state index is 11.8. The van der Waals surface area contributed by atoms with Crippen LogP contribution >= 0.6 is 0 Å². The number of carbonyl (C=O) groups excluding carboxylic acids is 1. The molecule has 7 nitrogen and oxygen atoms in total. The van der Waals surface area contributed by atoms with Crippen molar-refractivity contribution in [3.8, 4) is 0 Å². The zero-order chi connectivity index (χ0) is 14.5. The van der Waals surface area contributed by atoms with E-state index in [9.17, 15) is 4.79 Å². The number of nitrogens with zero attached hydrogens (tertiary/aromatic N) is 3. The second-order valence-electron chi connectivity index (χ2n) is 4.78. The van der Waals surface area contributed by atoms with E-state index in [1.54, 1.807) is 13.0 Å². The third-order valence-corrected chi connectivity index (χ3v) is 3.21. The standard InChI is InChI=1S/C13H21N5O2/c1-3-20-13(19)10-8-12(15-9-11(10)14)16-18-6-4-17(2)5-7-18/h8-9H,3-7,14H2,1-2H3,(H,15,16). The molecule has 20 heavy (non-hydrogen) atoms. The molecule has 1 aliphatic heterocycles. The molecule has 1 aromatic heterocycles. The lowest BCUT2D eigenvalue weighted by Gasteiger charge is -2.32. The molecule has 7 heteroatoms. The summed E-state index contributed by atoms with van der Waals surface area (Å²) in [6, 6.07) is 1.63. The van der Waals surface area contributed by atoms with E-state index in [4.69, 9.17) is 10.5 Å². The normalized spacial score (nSPS) is 16.9. The Kier molecular flexibility index (Phi) is 4.75. The maximum Gasteiger partial charge on any atom is 0.340 e. The number of nitrogens with two attached hydrogens (primary N) is 1. The third kappa shape index (κ3) is 3.58. The van der Waals surface area contributed by atoms with Gasteiger partial charge in [-0.05, 0) is 20.0 Å². The maximum absolute atomic E-state index is 11.8. The molecular weight excluding hydrogens is 258 g/mol. The van der Waals surface area contributed by atoms with Gasteiger partial charge in [0.2, 0.25) is 0 Å². The van der Waals surface area contributed by atoms with Crippen molar-refractivity contribution in [3.05, 3.63) is 17.8 Å². The number of aromatic nitrogens is 1. The molecule has 3 N–H and O–H groups in total. The van der Waals surface area contributed by atoms with Gasteiger partial charge in [-0.3, -0.25) is 0 Å². The zero-order valence-corrected chi connectivity index (χ0v) is 11.9. The number of piperazine rings is 1. The summed E-state index contributed by atoms with van der Waals surface area (Å²) in [6.07, 6.45) is 1.48. The number of pyridine rings is 1. The van der Waals surface area contributed by atoms with Crippen molar-refractivity contribution in [2.45, 2.75) is 6.92 Å². The molecule has 0 atom stereocenters. The van der Waals surface area contributed by atoms with Gasteiger partial charge in [0.15, 0.2) is 0 Å². The minimum absolute atomic E-state index is 0.321. The molecule has 0 unspecified atom stereocenters. The number of hydrogen-bond donors (Lipinski definition) is 2. The third-order valence-electron chi connectivity index (χ3n) is 3.21. The number of hydrazine groups is 1. The largest absolute Gasteiger partial charge is 0.462 e. The number of esters is 1. The van der Waals surface area contributed by atoms with Crippen LogP contribution in [0.3, 0.4) is 0 Å². The highest BCUT2D eigenvalue weighted by molar-refractivity contribution is 5.95. The average molecular weight is 279 g/mol. The fraction of sp³-hybridized carbons (Fsp3) is 0.538. The molecule has 0 aromatic carbocycles. The van der Waals surface area contributed by atoms with Crippen LogP contribution in [0, 0.1) is 0 Å². The first-order chi connectivity index (χ1) is 9.60. The summed E-state index contributed by atoms with van der Waals surface area (Å²) in [6.45, 7) is 5.87. The minimum Gasteiger partial charge on any atom is -0.462 e. The van der Waals surface area contributed by atoms with Gasteiger partial charge in [0.1, 0.15) is 5.82 Å². The second kappa shape index (κ2) is 6.53. The number of likely N-dealkylation sites (N-methyl/N-ethyl adjacent to an activating group) is 1. The van der Waals surface area contributed by atoms with Crippen LogP contribution < -0.4 is 11.2 Å². The summed E-state index contributed by atoms with van der Waals surface area (Å²) in [5.74, 6) is 0.181. The van der Waals surface area contributed by atoms with Crippen LogP contribution in [0.15, 0.2) is 12.3 Å². The Morgan fingerprint density at radius 2 is 2.15 bits per heavy atom. The lowest BCUT2D eigenvalue weighted by Crippen LogP contribution is -2.47. The van der Waals surface area contributed by atoms with E-state index in [2.05, 4.69) is 27.4 Å². The quantitative estimate of drug-likeness (QED) is 0.772. The van der Waals surface area contributed by atoms with Crippen LogP contribution in [0.5, 0.6) is 0 Å². The number of nitrogen functional groups attached to an aromatic ring is 1. The Labute approximate surface area is 118 Å². The van der Waals surface area contributed by atoms with Crippen LogP contribution in [0.25, 0.3) is 0 Å². The Morgan fingerprint density at radius 1 is 1.45 bits per heavy atom. The molecule has 110 valence electrons. The lowest BCUT2D eigenvalue weighted by molar-refractivity contribution is 0.0527. The highest BCUT2D eigenvalue weighted by Gasteiger charge is 2.16. The monoisotopic (exact) mass is 279 g/mol. The van der Waals surface area contributed by atoms with Gasteiger partial charge >= 0.3 is 5.97 Å². The van der Waals surface area contributed by atoms with E-state index in [-0.39, 0.29) is 0 Å². The number of ether oxygens (including phenoxy) is 1. The summed E-state index contributed by atoms with van der Waals surface area (Å²) in [7, 11) is 2.09. The summed E-state index contributed by atoms with van der Waals surface area (Å²) in [5.41, 5.74) is 9.63. The summed E-state index contributed by atoms with van der Waals surface area (Å²) >= 11 is 0. The molecule has 1 aromatic rings. The van der Waals surface area contributed by atoms with Gasteiger partial charge in [0, 0.05) is 26.2 Å². The Balaban J connectivity index is 2.05. The van der Waals surface area contributed by atoms with Crippen molar-refractivity contribution in [1.29, 1.82) is 0 Å². The SMILES string of the molecule is CCOC(=O)c1cc(NN2CCN(C)CC2)ncc1N. The van der Waals surface area contributed by atoms with Crippen molar-refractivity contribution in [1.82, 2.24) is 14.9 Å². The first kappa shape index (κ1) is 14.5. The van der Waals surface area contributed by atoms with Gasteiger partial charge in [-0.2, -0.15) is 0 Å². The van der Waals surface area contributed by atoms with E-state index in [1.807, 2.05) is 0 Å². The molecule has 0 radical (unpaired) electrons. The summed E-state index contributed by atoms with van der Waals surface area (Å²) in [4.78, 5) is 18.2. The van der Waals surface area contributed by atoms with Crippen molar-refractivity contribution in [2.24, 2.45) is 0 Å². The van der Waals surface area contributed by atoms with Gasteiger partial charge in [0.25, 0.3) is 0 Å². The predicted octanol–water partition coefficient (Wildman–Crippen LogP) is 0.415. The van der Waals surface area contributed by atoms with Gasteiger partial charge in [0.05, 0.1) is 24.1 Å². The highest BCUT2D eigenvalue weighted by Crippen LogP contribution is 2.17. The average Bonchev–Trinajstić information content (AvgIpc) is 2.43. The molecule has 1 fully saturated rings. The molecule has 1 saturated heterocycles. The number of hydrogen-bond acceptors (Lipinski definition) is 7. The molecule has 0 amide bonds. The van der Waals surface area contributed by atoms with Gasteiger partial charge < -0.3 is 20.8 Å². The number of anilines is 2. The van der Waals surface area contributed by atoms with Crippen molar-refractivity contribution < 1.29 is 9.53 Å². The predicted molar refractivity (Wildman–Crippen MR) is 77.3 cm³/mol. The van der Waals surface area contributed by atoms with Crippen LogP contribution in [0.4, 0.5) is 11.5 Å². The summed E-state index contributed by atoms with van der Waals surface area (Å²) in [5, 5.41) is 2.08. The smallest absolute Gasteiger partial charge is 0.340 e. The van der Waals surface area contributed by atoms with Gasteiger partial charge in [-0.25, -0.2) is 14.8 Å². The molecule has 0 spiro atoms. The Morgan fingerprint density at radius 3 is 2.80 bits per heavy atom. The van der Waals surface area contributed by atoms with Crippen LogP contribution in [0.1, 0.15) is 17.3 Å². The highest BCUT2D eigenvalue weighted by atomic mass is 16.5. The lowest BCUT2D eigenvalue weighted by atomic mass is 10.2. The van der Waals surface area contributed by atoms with Gasteiger partial charge in [-0.1, -0.05) is 0 Å². The number of rotatable bonds is 4. The topological polar surface area (TPSA) is 83.7 Å². The van der Waals surface area contributed by atoms with Crippen molar-refractivity contribution >= 4 is 17.5 Å². The van der Waals surface area contributed by atoms with E-state index in [0.29, 0.717) is 23.7 Å². The first-order valence-corrected chi connectivity index (χ1v) is 6.73. The Hall–Kier alpha value is -1.86. The van der Waals surface area contributed by atoms with Gasteiger partial charge in [-0.15, -0.1) is 0 Å². The van der Waals surface area contributed by atoms with Crippen LogP contribution in [-0.4, -0.2) is 60.7 Å². The van der Waals surface area contributed by atoms with E-state index in [0.717, 1.165) is 26.2 Å². The fourth-order valence-electron chi connectivity index (χ4n) is 1.99. The molecule has 0 bridgehead atoms. The summed E-state index contributed by atoms with van der Waals surface area (Å²) < 4.78 is 4.97. The number of nitrogens with one attached hydrogen (secondary N) is 1. The van der Waals surface area contributed by atoms with E-state index in [1.165, 1.54) is 6.20 Å². The molecule has 2 heterocycles. The van der Waals surface area contributed by atoms with E-state index < -0.39 is 5.97 Å². The van der Waals surface area contributed by atoms with Crippen LogP contribution in [0.2, 0.25) is 0 Å². The molecule has 2 rings (SSSR count). The molecule has 0 aliphatic carbocycles. The van der Waals surface area contributed by atoms with Crippen LogP contribution in [-0.2, 0) is 4.74 Å². The number of carbonyl (C=O) groups is 1. The Bertz CT molecular complexity index is 472. The first-order valence-electron chi connectivity index (χ1n) is 6.73. The zero-order valence-electron chi connectivity index (χ0n) is 11.9.